The van der Waals surface area contributed by atoms with Crippen LogP contribution < -0.4 is 10.6 Å². The first-order valence-electron chi connectivity index (χ1n) is 8.21. The van der Waals surface area contributed by atoms with Crippen LogP contribution in [0.4, 0.5) is 17.2 Å². The van der Waals surface area contributed by atoms with Crippen molar-refractivity contribution in [3.8, 4) is 0 Å². The number of carbonyl (C=O) groups excluding carboxylic acids is 2. The molecule has 1 amide bonds. The Hall–Kier alpha value is -4.08. The van der Waals surface area contributed by atoms with Crippen LogP contribution in [0, 0.1) is 10.1 Å². The Morgan fingerprint density at radius 1 is 1.18 bits per heavy atom. The summed E-state index contributed by atoms with van der Waals surface area (Å²) in [7, 11) is 1.66. The summed E-state index contributed by atoms with van der Waals surface area (Å²) >= 11 is 0. The van der Waals surface area contributed by atoms with Crippen LogP contribution in [0.25, 0.3) is 0 Å². The van der Waals surface area contributed by atoms with Gasteiger partial charge < -0.3 is 15.2 Å². The van der Waals surface area contributed by atoms with E-state index in [1.807, 2.05) is 0 Å². The molecule has 1 aromatic carbocycles. The molecule has 3 aromatic rings. The SMILES string of the molecule is Cn1ccnc1C(=O)c1ccc(NCC(=O)Nc2ccccn2)c([N+](=O)[O-])c1. The molecule has 0 spiro atoms. The number of nitrogens with zero attached hydrogens (tertiary/aromatic N) is 4. The highest BCUT2D eigenvalue weighted by atomic mass is 16.6. The summed E-state index contributed by atoms with van der Waals surface area (Å²) in [6.07, 6.45) is 4.61. The van der Waals surface area contributed by atoms with Crippen molar-refractivity contribution in [3.05, 3.63) is 76.5 Å². The first kappa shape index (κ1) is 18.7. The lowest BCUT2D eigenvalue weighted by molar-refractivity contribution is -0.384. The predicted molar refractivity (Wildman–Crippen MR) is 101 cm³/mol. The number of nitrogens with one attached hydrogen (secondary N) is 2. The highest BCUT2D eigenvalue weighted by molar-refractivity contribution is 6.07. The molecular formula is C18H16N6O4. The molecule has 142 valence electrons. The van der Waals surface area contributed by atoms with E-state index in [2.05, 4.69) is 20.6 Å². The van der Waals surface area contributed by atoms with Gasteiger partial charge in [-0.2, -0.15) is 0 Å². The van der Waals surface area contributed by atoms with Crippen molar-refractivity contribution in [3.63, 3.8) is 0 Å². The van der Waals surface area contributed by atoms with Gasteiger partial charge in [0.25, 0.3) is 5.69 Å². The van der Waals surface area contributed by atoms with Crippen molar-refractivity contribution < 1.29 is 14.5 Å². The van der Waals surface area contributed by atoms with Crippen LogP contribution in [0.2, 0.25) is 0 Å². The van der Waals surface area contributed by atoms with Crippen molar-refractivity contribution in [2.24, 2.45) is 7.05 Å². The van der Waals surface area contributed by atoms with Gasteiger partial charge in [0, 0.05) is 37.3 Å². The summed E-state index contributed by atoms with van der Waals surface area (Å²) in [6, 6.07) is 9.06. The standard InChI is InChI=1S/C18H16N6O4/c1-23-9-8-20-18(23)17(26)12-5-6-13(14(10-12)24(27)28)21-11-16(25)22-15-4-2-3-7-19-15/h2-10,21H,11H2,1H3,(H,19,22,25). The summed E-state index contributed by atoms with van der Waals surface area (Å²) in [6.45, 7) is -0.204. The first-order chi connectivity index (χ1) is 13.5. The molecule has 0 saturated heterocycles. The lowest BCUT2D eigenvalue weighted by atomic mass is 10.1. The molecule has 2 N–H and O–H groups in total. The molecule has 0 fully saturated rings. The summed E-state index contributed by atoms with van der Waals surface area (Å²) in [5, 5.41) is 16.7. The van der Waals surface area contributed by atoms with Gasteiger partial charge in [-0.1, -0.05) is 6.07 Å². The molecular weight excluding hydrogens is 364 g/mol. The normalized spacial score (nSPS) is 10.3. The van der Waals surface area contributed by atoms with Crippen LogP contribution in [0.1, 0.15) is 16.2 Å². The summed E-state index contributed by atoms with van der Waals surface area (Å²) in [4.78, 5) is 43.2. The monoisotopic (exact) mass is 380 g/mol. The molecule has 0 radical (unpaired) electrons. The minimum Gasteiger partial charge on any atom is -0.371 e. The van der Waals surface area contributed by atoms with Gasteiger partial charge in [-0.3, -0.25) is 19.7 Å². The molecule has 0 saturated carbocycles. The van der Waals surface area contributed by atoms with Crippen LogP contribution in [-0.2, 0) is 11.8 Å². The molecule has 2 aromatic heterocycles. The fraction of sp³-hybridized carbons (Fsp3) is 0.111. The first-order valence-corrected chi connectivity index (χ1v) is 8.21. The molecule has 10 heteroatoms. The molecule has 0 bridgehead atoms. The second-order valence-electron chi connectivity index (χ2n) is 5.80. The van der Waals surface area contributed by atoms with E-state index in [1.165, 1.54) is 29.1 Å². The van der Waals surface area contributed by atoms with Crippen LogP contribution >= 0.6 is 0 Å². The molecule has 3 rings (SSSR count). The number of nitro groups is 1. The fourth-order valence-corrected chi connectivity index (χ4v) is 2.49. The number of pyridine rings is 1. The quantitative estimate of drug-likeness (QED) is 0.364. The van der Waals surface area contributed by atoms with E-state index in [1.54, 1.807) is 31.4 Å². The molecule has 10 nitrogen and oxygen atoms in total. The van der Waals surface area contributed by atoms with E-state index in [9.17, 15) is 19.7 Å². The number of aryl methyl sites for hydroxylation is 1. The lowest BCUT2D eigenvalue weighted by Gasteiger charge is -2.09. The van der Waals surface area contributed by atoms with Crippen molar-refractivity contribution in [2.75, 3.05) is 17.2 Å². The number of hydrogen-bond donors (Lipinski definition) is 2. The van der Waals surface area contributed by atoms with Gasteiger partial charge in [0.05, 0.1) is 11.5 Å². The average Bonchev–Trinajstić information content (AvgIpc) is 3.12. The Bertz CT molecular complexity index is 1030. The van der Waals surface area contributed by atoms with Crippen molar-refractivity contribution in [2.45, 2.75) is 0 Å². The smallest absolute Gasteiger partial charge is 0.293 e. The minimum atomic E-state index is -0.617. The van der Waals surface area contributed by atoms with Crippen molar-refractivity contribution >= 4 is 28.9 Å². The summed E-state index contributed by atoms with van der Waals surface area (Å²) in [5.41, 5.74) is -0.0623. The van der Waals surface area contributed by atoms with E-state index in [4.69, 9.17) is 0 Å². The summed E-state index contributed by atoms with van der Waals surface area (Å²) in [5.74, 6) is -0.305. The zero-order valence-corrected chi connectivity index (χ0v) is 14.8. The number of imidazole rings is 1. The largest absolute Gasteiger partial charge is 0.371 e. The third kappa shape index (κ3) is 4.18. The second kappa shape index (κ2) is 8.08. The van der Waals surface area contributed by atoms with Crippen LogP contribution in [0.15, 0.2) is 55.0 Å². The van der Waals surface area contributed by atoms with Gasteiger partial charge in [-0.15, -0.1) is 0 Å². The molecule has 2 heterocycles. The van der Waals surface area contributed by atoms with Gasteiger partial charge >= 0.3 is 0 Å². The van der Waals surface area contributed by atoms with Gasteiger partial charge in [0.15, 0.2) is 5.82 Å². The number of carbonyl (C=O) groups is 2. The van der Waals surface area contributed by atoms with E-state index >= 15 is 0 Å². The minimum absolute atomic E-state index is 0.123. The van der Waals surface area contributed by atoms with Crippen molar-refractivity contribution in [1.82, 2.24) is 14.5 Å². The van der Waals surface area contributed by atoms with E-state index in [0.29, 0.717) is 5.82 Å². The van der Waals surface area contributed by atoms with Crippen LogP contribution in [-0.4, -0.2) is 37.7 Å². The van der Waals surface area contributed by atoms with E-state index in [-0.39, 0.29) is 29.3 Å². The molecule has 0 atom stereocenters. The number of hydrogen-bond acceptors (Lipinski definition) is 7. The maximum atomic E-state index is 12.5. The number of nitro benzene ring substituents is 1. The maximum Gasteiger partial charge on any atom is 0.293 e. The number of benzene rings is 1. The third-order valence-corrected chi connectivity index (χ3v) is 3.85. The van der Waals surface area contributed by atoms with E-state index in [0.717, 1.165) is 6.07 Å². The number of aromatic nitrogens is 3. The zero-order valence-electron chi connectivity index (χ0n) is 14.8. The van der Waals surface area contributed by atoms with Crippen LogP contribution in [0.3, 0.4) is 0 Å². The highest BCUT2D eigenvalue weighted by Crippen LogP contribution is 2.26. The fourth-order valence-electron chi connectivity index (χ4n) is 2.49. The predicted octanol–water partition coefficient (Wildman–Crippen LogP) is 2.00. The highest BCUT2D eigenvalue weighted by Gasteiger charge is 2.21. The number of rotatable bonds is 7. The maximum absolute atomic E-state index is 12.5. The van der Waals surface area contributed by atoms with Gasteiger partial charge in [0.1, 0.15) is 11.5 Å². The molecule has 0 aliphatic rings. The number of ketones is 1. The van der Waals surface area contributed by atoms with Gasteiger partial charge in [-0.25, -0.2) is 9.97 Å². The molecule has 0 unspecified atom stereocenters. The Kier molecular flexibility index (Phi) is 5.40. The van der Waals surface area contributed by atoms with Gasteiger partial charge in [-0.05, 0) is 24.3 Å². The lowest BCUT2D eigenvalue weighted by Crippen LogP contribution is -2.22. The molecule has 0 aliphatic carbocycles. The van der Waals surface area contributed by atoms with Crippen LogP contribution in [0.5, 0.6) is 0 Å². The Labute approximate surface area is 159 Å². The number of anilines is 2. The van der Waals surface area contributed by atoms with Gasteiger partial charge in [0.2, 0.25) is 11.7 Å². The Morgan fingerprint density at radius 3 is 2.64 bits per heavy atom. The van der Waals surface area contributed by atoms with E-state index < -0.39 is 16.6 Å². The molecule has 0 aliphatic heterocycles. The zero-order chi connectivity index (χ0) is 20.1. The summed E-state index contributed by atoms with van der Waals surface area (Å²) < 4.78 is 1.53. The Morgan fingerprint density at radius 2 is 2.00 bits per heavy atom. The number of amides is 1. The average molecular weight is 380 g/mol. The topological polar surface area (TPSA) is 132 Å². The van der Waals surface area contributed by atoms with Crippen molar-refractivity contribution in [1.29, 1.82) is 0 Å². The second-order valence-corrected chi connectivity index (χ2v) is 5.80. The third-order valence-electron chi connectivity index (χ3n) is 3.85. The molecule has 28 heavy (non-hydrogen) atoms. The Balaban J connectivity index is 1.74.